The van der Waals surface area contributed by atoms with Gasteiger partial charge in [-0.1, -0.05) is 78.1 Å². The van der Waals surface area contributed by atoms with Gasteiger partial charge in [-0.05, 0) is 41.8 Å². The number of ether oxygens (including phenoxy) is 2. The quantitative estimate of drug-likeness (QED) is 0.339. The first-order valence-corrected chi connectivity index (χ1v) is 12.3. The molecule has 0 saturated heterocycles. The second-order valence-electron chi connectivity index (χ2n) is 8.36. The summed E-state index contributed by atoms with van der Waals surface area (Å²) in [5.74, 6) is 1.19. The first-order chi connectivity index (χ1) is 17.5. The molecule has 5 rings (SSSR count). The van der Waals surface area contributed by atoms with Gasteiger partial charge in [-0.25, -0.2) is 0 Å². The third-order valence-corrected chi connectivity index (χ3v) is 6.95. The average Bonchev–Trinajstić information content (AvgIpc) is 3.21. The summed E-state index contributed by atoms with van der Waals surface area (Å²) >= 11 is 1.20. The third-order valence-electron chi connectivity index (χ3n) is 5.98. The van der Waals surface area contributed by atoms with E-state index in [1.54, 1.807) is 20.1 Å². The molecule has 0 bridgehead atoms. The molecule has 6 nitrogen and oxygen atoms in total. The maximum atomic E-state index is 13.3. The normalized spacial score (nSPS) is 11.7. The maximum Gasteiger partial charge on any atom is 0.277 e. The number of methoxy groups -OCH3 is 1. The van der Waals surface area contributed by atoms with Crippen LogP contribution in [0.3, 0.4) is 0 Å². The van der Waals surface area contributed by atoms with Crippen molar-refractivity contribution in [2.75, 3.05) is 7.11 Å². The SMILES string of the molecule is COc1cc(C=c2sc3nc(=O)c(Cc4ccccc4)c(C)n3c2=O)ccc1OCc1ccccc1. The molecule has 2 aromatic heterocycles. The summed E-state index contributed by atoms with van der Waals surface area (Å²) in [5.41, 5.74) is 3.49. The summed E-state index contributed by atoms with van der Waals surface area (Å²) in [6, 6.07) is 25.1. The van der Waals surface area contributed by atoms with Crippen LogP contribution < -0.4 is 25.1 Å². The van der Waals surface area contributed by atoms with Crippen LogP contribution in [0.2, 0.25) is 0 Å². The minimum Gasteiger partial charge on any atom is -0.493 e. The van der Waals surface area contributed by atoms with Gasteiger partial charge in [-0.15, -0.1) is 0 Å². The fourth-order valence-electron chi connectivity index (χ4n) is 4.07. The number of rotatable bonds is 7. The number of aryl methyl sites for hydroxylation is 1. The van der Waals surface area contributed by atoms with E-state index >= 15 is 0 Å². The Morgan fingerprint density at radius 3 is 2.31 bits per heavy atom. The number of aromatic nitrogens is 2. The van der Waals surface area contributed by atoms with Crippen molar-refractivity contribution < 1.29 is 9.47 Å². The van der Waals surface area contributed by atoms with Crippen molar-refractivity contribution >= 4 is 22.4 Å². The van der Waals surface area contributed by atoms with E-state index in [0.717, 1.165) is 16.7 Å². The zero-order chi connectivity index (χ0) is 25.1. The largest absolute Gasteiger partial charge is 0.493 e. The topological polar surface area (TPSA) is 69.9 Å². The molecule has 0 unspecified atom stereocenters. The Balaban J connectivity index is 1.49. The zero-order valence-electron chi connectivity index (χ0n) is 19.9. The van der Waals surface area contributed by atoms with Gasteiger partial charge in [-0.3, -0.25) is 14.0 Å². The van der Waals surface area contributed by atoms with Gasteiger partial charge >= 0.3 is 0 Å². The molecule has 0 amide bonds. The third kappa shape index (κ3) is 4.78. The van der Waals surface area contributed by atoms with Crippen molar-refractivity contribution in [1.82, 2.24) is 9.38 Å². The Labute approximate surface area is 211 Å². The van der Waals surface area contributed by atoms with Crippen LogP contribution in [-0.4, -0.2) is 16.5 Å². The lowest BCUT2D eigenvalue weighted by Gasteiger charge is -2.11. The van der Waals surface area contributed by atoms with Crippen LogP contribution in [-0.2, 0) is 13.0 Å². The standard InChI is InChI=1S/C29H24N2O4S/c1-19-23(15-20-9-5-3-6-10-20)27(32)30-29-31(19)28(33)26(36-29)17-22-13-14-24(25(16-22)34-2)35-18-21-11-7-4-8-12-21/h3-14,16-17H,15,18H2,1-2H3. The monoisotopic (exact) mass is 496 g/mol. The highest BCUT2D eigenvalue weighted by Gasteiger charge is 2.15. The highest BCUT2D eigenvalue weighted by atomic mass is 32.1. The first-order valence-electron chi connectivity index (χ1n) is 11.5. The molecule has 0 fully saturated rings. The molecule has 36 heavy (non-hydrogen) atoms. The van der Waals surface area contributed by atoms with E-state index in [0.29, 0.717) is 45.3 Å². The molecular formula is C29H24N2O4S. The van der Waals surface area contributed by atoms with Crippen LogP contribution in [0.15, 0.2) is 88.5 Å². The summed E-state index contributed by atoms with van der Waals surface area (Å²) in [5, 5.41) is 0. The van der Waals surface area contributed by atoms with Gasteiger partial charge in [0.15, 0.2) is 11.5 Å². The summed E-state index contributed by atoms with van der Waals surface area (Å²) in [4.78, 5) is 30.7. The van der Waals surface area contributed by atoms with Gasteiger partial charge < -0.3 is 9.47 Å². The van der Waals surface area contributed by atoms with Crippen LogP contribution in [0.25, 0.3) is 11.0 Å². The second-order valence-corrected chi connectivity index (χ2v) is 9.37. The molecule has 0 N–H and O–H groups in total. The molecule has 3 aromatic carbocycles. The van der Waals surface area contributed by atoms with Gasteiger partial charge in [0, 0.05) is 17.7 Å². The fourth-order valence-corrected chi connectivity index (χ4v) is 5.08. The van der Waals surface area contributed by atoms with Crippen LogP contribution >= 0.6 is 11.3 Å². The average molecular weight is 497 g/mol. The van der Waals surface area contributed by atoms with Gasteiger partial charge in [0.1, 0.15) is 6.61 Å². The Morgan fingerprint density at radius 1 is 0.917 bits per heavy atom. The van der Waals surface area contributed by atoms with Gasteiger partial charge in [-0.2, -0.15) is 4.98 Å². The molecule has 180 valence electrons. The zero-order valence-corrected chi connectivity index (χ0v) is 20.7. The predicted octanol–water partition coefficient (Wildman–Crippen LogP) is 4.15. The van der Waals surface area contributed by atoms with Crippen molar-refractivity contribution in [3.63, 3.8) is 0 Å². The molecule has 0 atom stereocenters. The molecule has 0 saturated carbocycles. The highest BCUT2D eigenvalue weighted by molar-refractivity contribution is 7.15. The molecule has 0 aliphatic heterocycles. The molecular weight excluding hydrogens is 472 g/mol. The van der Waals surface area contributed by atoms with E-state index in [2.05, 4.69) is 4.98 Å². The van der Waals surface area contributed by atoms with Crippen LogP contribution in [0.1, 0.15) is 27.9 Å². The lowest BCUT2D eigenvalue weighted by Crippen LogP contribution is -2.27. The minimum atomic E-state index is -0.300. The molecule has 2 heterocycles. The van der Waals surface area contributed by atoms with E-state index < -0.39 is 0 Å². The van der Waals surface area contributed by atoms with Crippen LogP contribution in [0.4, 0.5) is 0 Å². The Bertz CT molecular complexity index is 1690. The molecule has 0 radical (unpaired) electrons. The van der Waals surface area contributed by atoms with Gasteiger partial charge in [0.05, 0.1) is 11.6 Å². The minimum absolute atomic E-state index is 0.197. The number of nitrogens with zero attached hydrogens (tertiary/aromatic N) is 2. The van der Waals surface area contributed by atoms with E-state index in [4.69, 9.17) is 9.47 Å². The first kappa shape index (κ1) is 23.5. The number of fused-ring (bicyclic) bond motifs is 1. The van der Waals surface area contributed by atoms with Gasteiger partial charge in [0.25, 0.3) is 11.1 Å². The number of benzene rings is 3. The van der Waals surface area contributed by atoms with E-state index in [9.17, 15) is 9.59 Å². The molecule has 7 heteroatoms. The van der Waals surface area contributed by atoms with Crippen molar-refractivity contribution in [3.05, 3.63) is 132 Å². The van der Waals surface area contributed by atoms with Crippen molar-refractivity contribution in [2.24, 2.45) is 0 Å². The van der Waals surface area contributed by atoms with E-state index in [-0.39, 0.29) is 11.1 Å². The lowest BCUT2D eigenvalue weighted by atomic mass is 10.1. The molecule has 0 aliphatic carbocycles. The number of hydrogen-bond acceptors (Lipinski definition) is 6. The molecule has 5 aromatic rings. The molecule has 0 aliphatic rings. The van der Waals surface area contributed by atoms with Crippen molar-refractivity contribution in [3.8, 4) is 11.5 Å². The fraction of sp³-hybridized carbons (Fsp3) is 0.138. The van der Waals surface area contributed by atoms with E-state index in [1.807, 2.05) is 78.9 Å². The lowest BCUT2D eigenvalue weighted by molar-refractivity contribution is 0.284. The number of thiazole rings is 1. The van der Waals surface area contributed by atoms with Crippen LogP contribution in [0, 0.1) is 6.92 Å². The highest BCUT2D eigenvalue weighted by Crippen LogP contribution is 2.29. The van der Waals surface area contributed by atoms with Crippen molar-refractivity contribution in [1.29, 1.82) is 0 Å². The summed E-state index contributed by atoms with van der Waals surface area (Å²) in [6.07, 6.45) is 2.21. The van der Waals surface area contributed by atoms with Gasteiger partial charge in [0.2, 0.25) is 4.96 Å². The Kier molecular flexibility index (Phi) is 6.64. The smallest absolute Gasteiger partial charge is 0.277 e. The summed E-state index contributed by atoms with van der Waals surface area (Å²) in [6.45, 7) is 2.22. The Hall–Kier alpha value is -4.23. The van der Waals surface area contributed by atoms with Crippen LogP contribution in [0.5, 0.6) is 11.5 Å². The summed E-state index contributed by atoms with van der Waals surface area (Å²) in [7, 11) is 1.58. The van der Waals surface area contributed by atoms with Crippen molar-refractivity contribution in [2.45, 2.75) is 20.0 Å². The Morgan fingerprint density at radius 2 is 1.61 bits per heavy atom. The number of hydrogen-bond donors (Lipinski definition) is 0. The second kappa shape index (κ2) is 10.2. The van der Waals surface area contributed by atoms with E-state index in [1.165, 1.54) is 15.7 Å². The molecule has 0 spiro atoms. The maximum absolute atomic E-state index is 13.3. The summed E-state index contributed by atoms with van der Waals surface area (Å²) < 4.78 is 13.5. The predicted molar refractivity (Wildman–Crippen MR) is 142 cm³/mol.